The van der Waals surface area contributed by atoms with Crippen LogP contribution in [0, 0.1) is 11.8 Å². The lowest BCUT2D eigenvalue weighted by Gasteiger charge is -2.48. The van der Waals surface area contributed by atoms with Crippen LogP contribution in [-0.4, -0.2) is 69.7 Å². The zero-order chi connectivity index (χ0) is 26.9. The van der Waals surface area contributed by atoms with Gasteiger partial charge in [-0.3, -0.25) is 9.69 Å². The Morgan fingerprint density at radius 2 is 1.64 bits per heavy atom. The molecule has 4 bridgehead atoms. The molecule has 2 saturated carbocycles. The van der Waals surface area contributed by atoms with Crippen molar-refractivity contribution >= 4 is 22.7 Å². The lowest BCUT2D eigenvalue weighted by atomic mass is 9.76. The fourth-order valence-corrected chi connectivity index (χ4v) is 8.19. The molecule has 1 aromatic heterocycles. The summed E-state index contributed by atoms with van der Waals surface area (Å²) in [6.07, 6.45) is 13.8. The van der Waals surface area contributed by atoms with Crippen molar-refractivity contribution < 1.29 is 19.5 Å². The van der Waals surface area contributed by atoms with Gasteiger partial charge in [-0.2, -0.15) is 0 Å². The molecule has 2 aromatic rings. The van der Waals surface area contributed by atoms with E-state index in [4.69, 9.17) is 9.57 Å². The Kier molecular flexibility index (Phi) is 7.71. The Bertz CT molecular complexity index is 1260. The van der Waals surface area contributed by atoms with Crippen molar-refractivity contribution in [3.8, 4) is 0 Å². The maximum absolute atomic E-state index is 14.0. The first kappa shape index (κ1) is 26.4. The van der Waals surface area contributed by atoms with E-state index in [0.29, 0.717) is 23.6 Å². The molecule has 1 aromatic carbocycles. The van der Waals surface area contributed by atoms with E-state index in [1.165, 1.54) is 64.9 Å². The number of hydrogen-bond donors (Lipinski definition) is 1. The number of rotatable bonds is 8. The predicted octanol–water partition coefficient (Wildman–Crippen LogP) is 4.38. The minimum atomic E-state index is -1.34. The van der Waals surface area contributed by atoms with Gasteiger partial charge in [0.05, 0.1) is 17.6 Å². The number of fused-ring (bicyclic) bond motifs is 5. The third-order valence-corrected chi connectivity index (χ3v) is 9.66. The van der Waals surface area contributed by atoms with Gasteiger partial charge in [0.25, 0.3) is 5.56 Å². The third kappa shape index (κ3) is 5.23. The maximum atomic E-state index is 14.0. The first-order valence-corrected chi connectivity index (χ1v) is 14.7. The second-order valence-electron chi connectivity index (χ2n) is 12.0. The van der Waals surface area contributed by atoms with E-state index in [0.717, 1.165) is 30.2 Å². The number of carbonyl (C=O) groups is 1. The molecule has 9 nitrogen and oxygen atoms in total. The number of carboxylic acids is 1. The molecule has 0 spiro atoms. The monoisotopic (exact) mass is 536 g/mol. The summed E-state index contributed by atoms with van der Waals surface area (Å²) in [5, 5.41) is 13.7. The fourth-order valence-electron chi connectivity index (χ4n) is 8.19. The van der Waals surface area contributed by atoms with Gasteiger partial charge in [0, 0.05) is 31.3 Å². The number of hydrogen-bond acceptors (Lipinski definition) is 7. The van der Waals surface area contributed by atoms with Crippen molar-refractivity contribution in [2.24, 2.45) is 17.0 Å². The van der Waals surface area contributed by atoms with Gasteiger partial charge in [-0.05, 0) is 68.9 Å². The number of piperidine rings is 1. The highest BCUT2D eigenvalue weighted by Crippen LogP contribution is 2.47. The highest BCUT2D eigenvalue weighted by molar-refractivity contribution is 6.41. The van der Waals surface area contributed by atoms with Gasteiger partial charge >= 0.3 is 5.97 Å². The summed E-state index contributed by atoms with van der Waals surface area (Å²) in [6, 6.07) is 9.10. The number of aliphatic carboxylic acids is 1. The molecule has 0 radical (unpaired) electrons. The Labute approximate surface area is 229 Å². The van der Waals surface area contributed by atoms with Crippen molar-refractivity contribution in [3.63, 3.8) is 0 Å². The predicted molar refractivity (Wildman–Crippen MR) is 148 cm³/mol. The molecule has 6 rings (SSSR count). The van der Waals surface area contributed by atoms with Gasteiger partial charge in [0.1, 0.15) is 6.61 Å². The summed E-state index contributed by atoms with van der Waals surface area (Å²) in [6.45, 7) is 0.343. The van der Waals surface area contributed by atoms with Crippen molar-refractivity contribution in [1.82, 2.24) is 14.5 Å². The van der Waals surface area contributed by atoms with Crippen LogP contribution in [0.25, 0.3) is 11.0 Å². The molecule has 6 atom stereocenters. The van der Waals surface area contributed by atoms with Crippen molar-refractivity contribution in [2.75, 3.05) is 20.3 Å². The lowest BCUT2D eigenvalue weighted by Crippen LogP contribution is -2.52. The number of ether oxygens (including phenoxy) is 1. The van der Waals surface area contributed by atoms with E-state index in [1.54, 1.807) is 0 Å². The number of benzene rings is 1. The van der Waals surface area contributed by atoms with Crippen LogP contribution in [0.1, 0.15) is 82.4 Å². The second kappa shape index (κ2) is 11.4. The van der Waals surface area contributed by atoms with Crippen molar-refractivity contribution in [1.29, 1.82) is 0 Å². The topological polar surface area (TPSA) is 106 Å². The highest BCUT2D eigenvalue weighted by Gasteiger charge is 2.47. The zero-order valence-electron chi connectivity index (χ0n) is 22.8. The summed E-state index contributed by atoms with van der Waals surface area (Å²) in [5.74, 6) is 0.414. The normalized spacial score (nSPS) is 31.3. The quantitative estimate of drug-likeness (QED) is 0.303. The number of nitrogens with zero attached hydrogens (tertiary/aromatic N) is 4. The van der Waals surface area contributed by atoms with Crippen LogP contribution in [-0.2, 0) is 14.4 Å². The van der Waals surface area contributed by atoms with Crippen LogP contribution in [0.3, 0.4) is 0 Å². The van der Waals surface area contributed by atoms with Crippen LogP contribution in [0.15, 0.2) is 34.2 Å². The highest BCUT2D eigenvalue weighted by atomic mass is 16.6. The van der Waals surface area contributed by atoms with Crippen LogP contribution >= 0.6 is 0 Å². The fraction of sp³-hybridized carbons (Fsp3) is 0.667. The number of aromatic nitrogens is 2. The Morgan fingerprint density at radius 1 is 0.949 bits per heavy atom. The SMILES string of the molecule is COCCO/N=C(\C(=O)O)c1nc2ccccc2n([C@H]2C[C@H]3CC[C@@H](C2)N3C2C[C@H]3CCCC[C@@H](C2)C3)c1=O. The van der Waals surface area contributed by atoms with E-state index < -0.39 is 17.2 Å². The molecule has 210 valence electrons. The number of carboxylic acid groups (broad SMARTS) is 1. The van der Waals surface area contributed by atoms with E-state index in [9.17, 15) is 14.7 Å². The summed E-state index contributed by atoms with van der Waals surface area (Å²) in [7, 11) is 1.52. The third-order valence-electron chi connectivity index (χ3n) is 9.66. The van der Waals surface area contributed by atoms with Gasteiger partial charge in [0.2, 0.25) is 5.71 Å². The van der Waals surface area contributed by atoms with Gasteiger partial charge in [-0.25, -0.2) is 9.78 Å². The number of para-hydroxylation sites is 2. The van der Waals surface area contributed by atoms with Crippen LogP contribution < -0.4 is 5.56 Å². The summed E-state index contributed by atoms with van der Waals surface area (Å²) < 4.78 is 6.76. The molecule has 0 amide bonds. The zero-order valence-corrected chi connectivity index (χ0v) is 22.8. The Hall–Kier alpha value is -2.78. The first-order chi connectivity index (χ1) is 19.0. The molecule has 2 aliphatic carbocycles. The minimum Gasteiger partial charge on any atom is -0.476 e. The molecule has 4 aliphatic rings. The number of methoxy groups -OCH3 is 1. The van der Waals surface area contributed by atoms with Gasteiger partial charge < -0.3 is 19.2 Å². The molecular formula is C30H40N4O5. The van der Waals surface area contributed by atoms with E-state index in [2.05, 4.69) is 15.0 Å². The molecule has 39 heavy (non-hydrogen) atoms. The van der Waals surface area contributed by atoms with E-state index in [1.807, 2.05) is 28.8 Å². The number of oxime groups is 1. The largest absolute Gasteiger partial charge is 0.476 e. The van der Waals surface area contributed by atoms with Crippen molar-refractivity contribution in [2.45, 2.75) is 94.8 Å². The molecule has 2 aliphatic heterocycles. The molecule has 1 unspecified atom stereocenters. The minimum absolute atomic E-state index is 0.00628. The average Bonchev–Trinajstić information content (AvgIpc) is 3.08. The smallest absolute Gasteiger partial charge is 0.360 e. The summed E-state index contributed by atoms with van der Waals surface area (Å²) in [4.78, 5) is 38.6. The maximum Gasteiger partial charge on any atom is 0.360 e. The second-order valence-corrected chi connectivity index (χ2v) is 12.0. The molecule has 2 saturated heterocycles. The lowest BCUT2D eigenvalue weighted by molar-refractivity contribution is -0.129. The van der Waals surface area contributed by atoms with Gasteiger partial charge in [-0.15, -0.1) is 0 Å². The van der Waals surface area contributed by atoms with Crippen LogP contribution in [0.5, 0.6) is 0 Å². The van der Waals surface area contributed by atoms with E-state index >= 15 is 0 Å². The molecule has 1 N–H and O–H groups in total. The molecule has 4 fully saturated rings. The first-order valence-electron chi connectivity index (χ1n) is 14.7. The Balaban J connectivity index is 1.32. The standard InChI is InChI=1S/C30H40N4O5/c1-38-12-13-39-32-28(30(36)37)27-29(35)34(26-9-5-4-8-25(26)31-27)24-17-21-10-11-22(18-24)33(21)23-15-19-6-2-3-7-20(14-19)16-23/h4-5,8-9,19-24H,2-3,6-7,10-18H2,1H3,(H,36,37)/b32-28-/t19-,20+,21-,22+,23?,24+. The molecule has 3 heterocycles. The van der Waals surface area contributed by atoms with Gasteiger partial charge in [-0.1, -0.05) is 43.0 Å². The summed E-state index contributed by atoms with van der Waals surface area (Å²) in [5.41, 5.74) is 0.277. The Morgan fingerprint density at radius 3 is 2.31 bits per heavy atom. The summed E-state index contributed by atoms with van der Waals surface area (Å²) >= 11 is 0. The van der Waals surface area contributed by atoms with Crippen LogP contribution in [0.4, 0.5) is 0 Å². The average molecular weight is 537 g/mol. The van der Waals surface area contributed by atoms with Crippen LogP contribution in [0.2, 0.25) is 0 Å². The molecular weight excluding hydrogens is 496 g/mol. The van der Waals surface area contributed by atoms with Gasteiger partial charge in [0.15, 0.2) is 5.69 Å². The van der Waals surface area contributed by atoms with E-state index in [-0.39, 0.29) is 24.9 Å². The van der Waals surface area contributed by atoms with Crippen molar-refractivity contribution in [3.05, 3.63) is 40.3 Å². The molecule has 9 heteroatoms.